The SMILES string of the molecule is Cn1cnc(S(=O)(=O)NC(C)(C)C(C)(C)C(=O)O)c1. The molecule has 0 radical (unpaired) electrons. The second kappa shape index (κ2) is 4.61. The average Bonchev–Trinajstić information content (AvgIpc) is 2.63. The lowest BCUT2D eigenvalue weighted by Crippen LogP contribution is -2.56. The predicted molar refractivity (Wildman–Crippen MR) is 69.0 cm³/mol. The Morgan fingerprint density at radius 2 is 1.89 bits per heavy atom. The molecule has 2 N–H and O–H groups in total. The summed E-state index contributed by atoms with van der Waals surface area (Å²) in [5.74, 6) is -1.08. The van der Waals surface area contributed by atoms with Crippen LogP contribution in [0.2, 0.25) is 0 Å². The number of imidazole rings is 1. The van der Waals surface area contributed by atoms with Crippen molar-refractivity contribution in [1.29, 1.82) is 0 Å². The molecular weight excluding hydrogens is 270 g/mol. The summed E-state index contributed by atoms with van der Waals surface area (Å²) in [4.78, 5) is 15.0. The number of aryl methyl sites for hydroxylation is 1. The van der Waals surface area contributed by atoms with Gasteiger partial charge < -0.3 is 9.67 Å². The fraction of sp³-hybridized carbons (Fsp3) is 0.636. The largest absolute Gasteiger partial charge is 0.481 e. The maximum absolute atomic E-state index is 12.2. The topological polar surface area (TPSA) is 101 Å². The van der Waals surface area contributed by atoms with Gasteiger partial charge in [0.2, 0.25) is 0 Å². The third-order valence-electron chi connectivity index (χ3n) is 3.44. The van der Waals surface area contributed by atoms with Crippen LogP contribution in [0.25, 0.3) is 0 Å². The highest BCUT2D eigenvalue weighted by Crippen LogP contribution is 2.32. The van der Waals surface area contributed by atoms with Crippen molar-refractivity contribution in [1.82, 2.24) is 14.3 Å². The molecule has 0 bridgehead atoms. The number of carboxylic acid groups (broad SMARTS) is 1. The van der Waals surface area contributed by atoms with Gasteiger partial charge >= 0.3 is 5.97 Å². The maximum Gasteiger partial charge on any atom is 0.310 e. The van der Waals surface area contributed by atoms with Gasteiger partial charge in [-0.25, -0.2) is 18.1 Å². The van der Waals surface area contributed by atoms with E-state index in [1.807, 2.05) is 0 Å². The number of aromatic nitrogens is 2. The van der Waals surface area contributed by atoms with Gasteiger partial charge in [0.25, 0.3) is 10.0 Å². The van der Waals surface area contributed by atoms with Crippen LogP contribution in [0.15, 0.2) is 17.6 Å². The van der Waals surface area contributed by atoms with Gasteiger partial charge in [-0.3, -0.25) is 4.79 Å². The van der Waals surface area contributed by atoms with Crippen LogP contribution >= 0.6 is 0 Å². The molecule has 0 atom stereocenters. The standard InChI is InChI=1S/C11H19N3O4S/c1-10(2,9(15)16)11(3,4)13-19(17,18)8-6-14(5)7-12-8/h6-7,13H,1-5H3,(H,15,16). The normalized spacial score (nSPS) is 13.5. The second-order valence-corrected chi connectivity index (χ2v) is 7.17. The number of hydrogen-bond acceptors (Lipinski definition) is 4. The van der Waals surface area contributed by atoms with Gasteiger partial charge in [0.05, 0.1) is 11.7 Å². The molecular formula is C11H19N3O4S. The van der Waals surface area contributed by atoms with Crippen molar-refractivity contribution < 1.29 is 18.3 Å². The Bertz CT molecular complexity index is 587. The van der Waals surface area contributed by atoms with Crippen LogP contribution in [0.5, 0.6) is 0 Å². The van der Waals surface area contributed by atoms with Crippen LogP contribution in [-0.4, -0.2) is 34.6 Å². The smallest absolute Gasteiger partial charge is 0.310 e. The zero-order valence-electron chi connectivity index (χ0n) is 11.6. The third kappa shape index (κ3) is 2.95. The van der Waals surface area contributed by atoms with Crippen LogP contribution < -0.4 is 4.72 Å². The first-order valence-corrected chi connectivity index (χ1v) is 7.14. The van der Waals surface area contributed by atoms with Crippen molar-refractivity contribution in [2.75, 3.05) is 0 Å². The van der Waals surface area contributed by atoms with E-state index >= 15 is 0 Å². The summed E-state index contributed by atoms with van der Waals surface area (Å²) in [6.45, 7) is 6.00. The number of hydrogen-bond donors (Lipinski definition) is 2. The molecule has 0 unspecified atom stereocenters. The highest BCUT2D eigenvalue weighted by molar-refractivity contribution is 7.89. The van der Waals surface area contributed by atoms with E-state index in [9.17, 15) is 18.3 Å². The van der Waals surface area contributed by atoms with E-state index in [1.165, 1.54) is 44.8 Å². The van der Waals surface area contributed by atoms with Crippen LogP contribution in [0.3, 0.4) is 0 Å². The fourth-order valence-corrected chi connectivity index (χ4v) is 2.83. The van der Waals surface area contributed by atoms with E-state index in [2.05, 4.69) is 9.71 Å². The Hall–Kier alpha value is -1.41. The van der Waals surface area contributed by atoms with Gasteiger partial charge in [0.15, 0.2) is 5.03 Å². The molecule has 19 heavy (non-hydrogen) atoms. The van der Waals surface area contributed by atoms with Gasteiger partial charge in [0.1, 0.15) is 0 Å². The van der Waals surface area contributed by atoms with Crippen LogP contribution in [0, 0.1) is 5.41 Å². The van der Waals surface area contributed by atoms with E-state index in [4.69, 9.17) is 0 Å². The van der Waals surface area contributed by atoms with Crippen LogP contribution in [-0.2, 0) is 21.9 Å². The lowest BCUT2D eigenvalue weighted by atomic mass is 9.75. The highest BCUT2D eigenvalue weighted by Gasteiger charge is 2.46. The first-order valence-electron chi connectivity index (χ1n) is 5.65. The van der Waals surface area contributed by atoms with Crippen molar-refractivity contribution in [2.24, 2.45) is 12.5 Å². The number of carboxylic acids is 1. The first-order chi connectivity index (χ1) is 8.40. The maximum atomic E-state index is 12.2. The Morgan fingerprint density at radius 3 is 2.26 bits per heavy atom. The number of sulfonamides is 1. The molecule has 0 spiro atoms. The van der Waals surface area contributed by atoms with Crippen molar-refractivity contribution in [3.05, 3.63) is 12.5 Å². The van der Waals surface area contributed by atoms with Gasteiger partial charge in [0, 0.05) is 18.8 Å². The summed E-state index contributed by atoms with van der Waals surface area (Å²) < 4.78 is 28.2. The minimum Gasteiger partial charge on any atom is -0.481 e. The van der Waals surface area contributed by atoms with E-state index in [0.29, 0.717) is 0 Å². The molecule has 0 saturated heterocycles. The average molecular weight is 289 g/mol. The van der Waals surface area contributed by atoms with E-state index in [-0.39, 0.29) is 5.03 Å². The number of nitrogens with one attached hydrogen (secondary N) is 1. The Labute approximate surface area is 112 Å². The molecule has 1 aromatic rings. The lowest BCUT2D eigenvalue weighted by molar-refractivity contribution is -0.150. The summed E-state index contributed by atoms with van der Waals surface area (Å²) in [6, 6.07) is 0. The Balaban J connectivity index is 3.11. The first kappa shape index (κ1) is 15.6. The molecule has 0 aromatic carbocycles. The van der Waals surface area contributed by atoms with Crippen molar-refractivity contribution in [2.45, 2.75) is 38.3 Å². The molecule has 8 heteroatoms. The number of nitrogens with zero attached hydrogens (tertiary/aromatic N) is 2. The van der Waals surface area contributed by atoms with Crippen LogP contribution in [0.1, 0.15) is 27.7 Å². The molecule has 0 aliphatic rings. The Morgan fingerprint density at radius 1 is 1.37 bits per heavy atom. The second-order valence-electron chi connectivity index (χ2n) is 5.54. The molecule has 0 saturated carbocycles. The number of carbonyl (C=O) groups is 1. The zero-order chi connectivity index (χ0) is 15.1. The number of rotatable bonds is 5. The molecule has 1 aromatic heterocycles. The fourth-order valence-electron chi connectivity index (χ4n) is 1.31. The van der Waals surface area contributed by atoms with Gasteiger partial charge in [-0.15, -0.1) is 0 Å². The predicted octanol–water partition coefficient (Wildman–Crippen LogP) is 0.588. The minimum atomic E-state index is -3.86. The van der Waals surface area contributed by atoms with Crippen molar-refractivity contribution >= 4 is 16.0 Å². The van der Waals surface area contributed by atoms with E-state index in [0.717, 1.165) is 0 Å². The molecule has 0 amide bonds. The molecule has 1 rings (SSSR count). The summed E-state index contributed by atoms with van der Waals surface area (Å²) in [5.41, 5.74) is -2.44. The van der Waals surface area contributed by atoms with Gasteiger partial charge in [-0.1, -0.05) is 0 Å². The summed E-state index contributed by atoms with van der Waals surface area (Å²) in [7, 11) is -2.21. The molecule has 108 valence electrons. The van der Waals surface area contributed by atoms with Gasteiger partial charge in [-0.2, -0.15) is 0 Å². The highest BCUT2D eigenvalue weighted by atomic mass is 32.2. The Kier molecular flexibility index (Phi) is 3.79. The van der Waals surface area contributed by atoms with Crippen LogP contribution in [0.4, 0.5) is 0 Å². The zero-order valence-corrected chi connectivity index (χ0v) is 12.4. The molecule has 7 nitrogen and oxygen atoms in total. The summed E-state index contributed by atoms with van der Waals surface area (Å²) in [6.07, 6.45) is 2.72. The molecule has 1 heterocycles. The van der Waals surface area contributed by atoms with Crippen molar-refractivity contribution in [3.8, 4) is 0 Å². The van der Waals surface area contributed by atoms with E-state index in [1.54, 1.807) is 7.05 Å². The number of aliphatic carboxylic acids is 1. The lowest BCUT2D eigenvalue weighted by Gasteiger charge is -2.38. The van der Waals surface area contributed by atoms with E-state index < -0.39 is 26.9 Å². The minimum absolute atomic E-state index is 0.135. The van der Waals surface area contributed by atoms with Crippen molar-refractivity contribution in [3.63, 3.8) is 0 Å². The third-order valence-corrected chi connectivity index (χ3v) is 4.98. The summed E-state index contributed by atoms with van der Waals surface area (Å²) >= 11 is 0. The monoisotopic (exact) mass is 289 g/mol. The molecule has 0 aliphatic heterocycles. The quantitative estimate of drug-likeness (QED) is 0.826. The van der Waals surface area contributed by atoms with Gasteiger partial charge in [-0.05, 0) is 27.7 Å². The molecule has 0 fully saturated rings. The molecule has 0 aliphatic carbocycles. The summed E-state index contributed by atoms with van der Waals surface area (Å²) in [5, 5.41) is 9.06.